The zero-order valence-corrected chi connectivity index (χ0v) is 14.3. The first kappa shape index (κ1) is 16.5. The van der Waals surface area contributed by atoms with E-state index in [2.05, 4.69) is 37.9 Å². The number of hydrogen-bond donors (Lipinski definition) is 2. The molecule has 0 aliphatic heterocycles. The number of hydrogen-bond acceptors (Lipinski definition) is 2. The van der Waals surface area contributed by atoms with Crippen molar-refractivity contribution in [2.24, 2.45) is 0 Å². The molecule has 0 atom stereocenters. The summed E-state index contributed by atoms with van der Waals surface area (Å²) < 4.78 is 0. The smallest absolute Gasteiger partial charge is 0.190 e. The van der Waals surface area contributed by atoms with Crippen molar-refractivity contribution in [2.45, 2.75) is 53.6 Å². The van der Waals surface area contributed by atoms with Gasteiger partial charge in [-0.1, -0.05) is 39.0 Å². The molecule has 0 bridgehead atoms. The Balaban J connectivity index is 2.70. The van der Waals surface area contributed by atoms with Crippen molar-refractivity contribution >= 4 is 0 Å². The van der Waals surface area contributed by atoms with E-state index < -0.39 is 0 Å². The lowest BCUT2D eigenvalue weighted by atomic mass is 9.84. The van der Waals surface area contributed by atoms with Gasteiger partial charge in [0.2, 0.25) is 0 Å². The van der Waals surface area contributed by atoms with Gasteiger partial charge in [0.15, 0.2) is 5.43 Å². The minimum atomic E-state index is -0.258. The van der Waals surface area contributed by atoms with E-state index in [1.165, 1.54) is 5.56 Å². The lowest BCUT2D eigenvalue weighted by Gasteiger charge is -2.21. The SMILES string of the molecule is Cc1cc(C(C)(C)C)ccc1-c1[nH]c(C)c(C)c(=O)c1CO. The first-order valence-corrected chi connectivity index (χ1v) is 7.61. The second kappa shape index (κ2) is 5.73. The number of nitrogens with one attached hydrogen (secondary N) is 1. The molecule has 0 radical (unpaired) electrons. The summed E-state index contributed by atoms with van der Waals surface area (Å²) in [6.07, 6.45) is 0. The number of aromatic nitrogens is 1. The molecule has 0 saturated carbocycles. The maximum atomic E-state index is 12.4. The molecule has 1 aromatic carbocycles. The second-order valence-corrected chi connectivity index (χ2v) is 7.00. The van der Waals surface area contributed by atoms with Crippen molar-refractivity contribution in [1.82, 2.24) is 4.98 Å². The fourth-order valence-corrected chi connectivity index (χ4v) is 2.66. The fourth-order valence-electron chi connectivity index (χ4n) is 2.66. The molecule has 2 aromatic rings. The van der Waals surface area contributed by atoms with Gasteiger partial charge in [-0.25, -0.2) is 0 Å². The van der Waals surface area contributed by atoms with Crippen LogP contribution in [0.3, 0.4) is 0 Å². The van der Waals surface area contributed by atoms with E-state index in [0.29, 0.717) is 11.1 Å². The second-order valence-electron chi connectivity index (χ2n) is 7.00. The van der Waals surface area contributed by atoms with E-state index >= 15 is 0 Å². The number of rotatable bonds is 2. The Labute approximate surface area is 132 Å². The molecule has 0 aliphatic carbocycles. The van der Waals surface area contributed by atoms with E-state index in [-0.39, 0.29) is 17.5 Å². The molecule has 1 heterocycles. The van der Waals surface area contributed by atoms with Gasteiger partial charge in [0.1, 0.15) is 0 Å². The summed E-state index contributed by atoms with van der Waals surface area (Å²) in [7, 11) is 0. The summed E-state index contributed by atoms with van der Waals surface area (Å²) >= 11 is 0. The van der Waals surface area contributed by atoms with Crippen LogP contribution < -0.4 is 5.43 Å². The van der Waals surface area contributed by atoms with Crippen molar-refractivity contribution in [2.75, 3.05) is 0 Å². The molecule has 2 rings (SSSR count). The summed E-state index contributed by atoms with van der Waals surface area (Å²) in [6, 6.07) is 6.29. The predicted molar refractivity (Wildman–Crippen MR) is 91.3 cm³/mol. The first-order chi connectivity index (χ1) is 10.2. The van der Waals surface area contributed by atoms with Crippen molar-refractivity contribution in [1.29, 1.82) is 0 Å². The fraction of sp³-hybridized carbons (Fsp3) is 0.421. The number of aliphatic hydroxyl groups excluding tert-OH is 1. The van der Waals surface area contributed by atoms with Gasteiger partial charge in [0.05, 0.1) is 12.3 Å². The average Bonchev–Trinajstić information content (AvgIpc) is 2.43. The van der Waals surface area contributed by atoms with Gasteiger partial charge in [-0.05, 0) is 37.3 Å². The van der Waals surface area contributed by atoms with Crippen molar-refractivity contribution < 1.29 is 5.11 Å². The van der Waals surface area contributed by atoms with Gasteiger partial charge < -0.3 is 10.1 Å². The summed E-state index contributed by atoms with van der Waals surface area (Å²) in [5, 5.41) is 9.63. The third-order valence-electron chi connectivity index (χ3n) is 4.31. The van der Waals surface area contributed by atoms with Crippen molar-refractivity contribution in [3.8, 4) is 11.3 Å². The standard InChI is InChI=1S/C19H25NO2/c1-11-9-14(19(4,5)6)7-8-15(11)17-16(10-21)18(22)12(2)13(3)20-17/h7-9,21H,10H2,1-6H3,(H,20,22). The molecular formula is C19H25NO2. The summed E-state index contributed by atoms with van der Waals surface area (Å²) in [5.74, 6) is 0. The molecular weight excluding hydrogens is 274 g/mol. The molecule has 0 saturated heterocycles. The minimum absolute atomic E-state index is 0.0759. The van der Waals surface area contributed by atoms with E-state index in [1.54, 1.807) is 6.92 Å². The molecule has 0 amide bonds. The molecule has 0 unspecified atom stereocenters. The molecule has 2 N–H and O–H groups in total. The Hall–Kier alpha value is -1.87. The zero-order chi connectivity index (χ0) is 16.7. The molecule has 22 heavy (non-hydrogen) atoms. The normalized spacial score (nSPS) is 11.8. The average molecular weight is 299 g/mol. The first-order valence-electron chi connectivity index (χ1n) is 7.61. The maximum Gasteiger partial charge on any atom is 0.190 e. The van der Waals surface area contributed by atoms with E-state index in [1.807, 2.05) is 19.9 Å². The van der Waals surface area contributed by atoms with Crippen LogP contribution in [0.25, 0.3) is 11.3 Å². The summed E-state index contributed by atoms with van der Waals surface area (Å²) in [5.41, 5.74) is 6.01. The minimum Gasteiger partial charge on any atom is -0.391 e. The van der Waals surface area contributed by atoms with Gasteiger partial charge in [0.25, 0.3) is 0 Å². The number of benzene rings is 1. The van der Waals surface area contributed by atoms with Crippen LogP contribution in [0.2, 0.25) is 0 Å². The van der Waals surface area contributed by atoms with Crippen LogP contribution in [-0.2, 0) is 12.0 Å². The lowest BCUT2D eigenvalue weighted by Crippen LogP contribution is -2.17. The van der Waals surface area contributed by atoms with Gasteiger partial charge in [-0.2, -0.15) is 0 Å². The topological polar surface area (TPSA) is 53.1 Å². The highest BCUT2D eigenvalue weighted by molar-refractivity contribution is 5.68. The third-order valence-corrected chi connectivity index (χ3v) is 4.31. The molecule has 0 fully saturated rings. The van der Waals surface area contributed by atoms with Crippen LogP contribution in [0.15, 0.2) is 23.0 Å². The van der Waals surface area contributed by atoms with Gasteiger partial charge in [-0.3, -0.25) is 4.79 Å². The number of H-pyrrole nitrogens is 1. The molecule has 118 valence electrons. The van der Waals surface area contributed by atoms with Crippen LogP contribution in [-0.4, -0.2) is 10.1 Å². The van der Waals surface area contributed by atoms with Gasteiger partial charge >= 0.3 is 0 Å². The molecule has 3 nitrogen and oxygen atoms in total. The molecule has 0 spiro atoms. The van der Waals surface area contributed by atoms with E-state index in [9.17, 15) is 9.90 Å². The number of pyridine rings is 1. The van der Waals surface area contributed by atoms with Crippen LogP contribution in [0.1, 0.15) is 48.7 Å². The Morgan fingerprint density at radius 3 is 2.27 bits per heavy atom. The van der Waals surface area contributed by atoms with Crippen LogP contribution in [0.5, 0.6) is 0 Å². The van der Waals surface area contributed by atoms with E-state index in [4.69, 9.17) is 0 Å². The number of aryl methyl sites for hydroxylation is 2. The maximum absolute atomic E-state index is 12.4. The van der Waals surface area contributed by atoms with Crippen LogP contribution in [0, 0.1) is 20.8 Å². The Morgan fingerprint density at radius 1 is 1.14 bits per heavy atom. The lowest BCUT2D eigenvalue weighted by molar-refractivity contribution is 0.280. The van der Waals surface area contributed by atoms with E-state index in [0.717, 1.165) is 22.5 Å². The Kier molecular flexibility index (Phi) is 4.30. The van der Waals surface area contributed by atoms with Crippen LogP contribution in [0.4, 0.5) is 0 Å². The highest BCUT2D eigenvalue weighted by Gasteiger charge is 2.18. The quantitative estimate of drug-likeness (QED) is 0.887. The monoisotopic (exact) mass is 299 g/mol. The highest BCUT2D eigenvalue weighted by Crippen LogP contribution is 2.30. The van der Waals surface area contributed by atoms with Gasteiger partial charge in [0, 0.05) is 22.4 Å². The zero-order valence-electron chi connectivity index (χ0n) is 14.3. The Morgan fingerprint density at radius 2 is 1.77 bits per heavy atom. The largest absolute Gasteiger partial charge is 0.391 e. The molecule has 3 heteroatoms. The molecule has 0 aliphatic rings. The number of aromatic amines is 1. The highest BCUT2D eigenvalue weighted by atomic mass is 16.3. The third kappa shape index (κ3) is 2.86. The van der Waals surface area contributed by atoms with Crippen molar-refractivity contribution in [3.63, 3.8) is 0 Å². The predicted octanol–water partition coefficient (Wildman–Crippen LogP) is 3.76. The molecule has 1 aromatic heterocycles. The Bertz CT molecular complexity index is 764. The summed E-state index contributed by atoms with van der Waals surface area (Å²) in [6.45, 7) is 12.0. The number of aliphatic hydroxyl groups is 1. The summed E-state index contributed by atoms with van der Waals surface area (Å²) in [4.78, 5) is 15.7. The van der Waals surface area contributed by atoms with Gasteiger partial charge in [-0.15, -0.1) is 0 Å². The van der Waals surface area contributed by atoms with Crippen LogP contribution >= 0.6 is 0 Å². The van der Waals surface area contributed by atoms with Crippen molar-refractivity contribution in [3.05, 3.63) is 56.4 Å².